The van der Waals surface area contributed by atoms with Crippen molar-refractivity contribution in [3.63, 3.8) is 0 Å². The molecular formula is C4H8BrNO3. The second-order valence-corrected chi connectivity index (χ2v) is 2.16. The van der Waals surface area contributed by atoms with E-state index in [4.69, 9.17) is 0 Å². The molecule has 0 radical (unpaired) electrons. The van der Waals surface area contributed by atoms with Crippen LogP contribution >= 0.6 is 15.9 Å². The van der Waals surface area contributed by atoms with E-state index in [0.29, 0.717) is 11.8 Å². The molecule has 0 bridgehead atoms. The Morgan fingerprint density at radius 1 is 1.89 bits per heavy atom. The van der Waals surface area contributed by atoms with E-state index >= 15 is 0 Å². The first-order valence-corrected chi connectivity index (χ1v) is 3.70. The van der Waals surface area contributed by atoms with Gasteiger partial charge in [0.05, 0.1) is 0 Å². The molecule has 0 heterocycles. The van der Waals surface area contributed by atoms with Gasteiger partial charge in [0.25, 0.3) is 5.09 Å². The lowest BCUT2D eigenvalue weighted by atomic mass is 10.3. The molecule has 0 aliphatic carbocycles. The molecule has 0 rings (SSSR count). The fourth-order valence-electron chi connectivity index (χ4n) is 0.334. The van der Waals surface area contributed by atoms with Gasteiger partial charge in [0, 0.05) is 5.33 Å². The number of hydrogen-bond donors (Lipinski definition) is 0. The first-order chi connectivity index (χ1) is 4.20. The van der Waals surface area contributed by atoms with Gasteiger partial charge in [0.1, 0.15) is 6.10 Å². The van der Waals surface area contributed by atoms with Crippen LogP contribution in [-0.4, -0.2) is 16.5 Å². The molecule has 1 unspecified atom stereocenters. The fourth-order valence-corrected chi connectivity index (χ4v) is 0.910. The summed E-state index contributed by atoms with van der Waals surface area (Å²) < 4.78 is 0. The molecule has 0 amide bonds. The van der Waals surface area contributed by atoms with Crippen LogP contribution in [-0.2, 0) is 4.84 Å². The van der Waals surface area contributed by atoms with Gasteiger partial charge in [-0.25, -0.2) is 0 Å². The lowest BCUT2D eigenvalue weighted by Gasteiger charge is -2.06. The van der Waals surface area contributed by atoms with Crippen LogP contribution in [0, 0.1) is 10.1 Å². The van der Waals surface area contributed by atoms with E-state index in [-0.39, 0.29) is 6.10 Å². The molecule has 4 nitrogen and oxygen atoms in total. The van der Waals surface area contributed by atoms with Gasteiger partial charge in [-0.15, -0.1) is 10.1 Å². The number of alkyl halides is 1. The zero-order valence-corrected chi connectivity index (χ0v) is 6.63. The number of hydrogen-bond acceptors (Lipinski definition) is 3. The normalized spacial score (nSPS) is 12.7. The maximum Gasteiger partial charge on any atom is 0.294 e. The zero-order chi connectivity index (χ0) is 7.28. The predicted octanol–water partition coefficient (Wildman–Crippen LogP) is 1.37. The molecule has 0 saturated heterocycles. The van der Waals surface area contributed by atoms with Crippen molar-refractivity contribution in [3.8, 4) is 0 Å². The van der Waals surface area contributed by atoms with Crippen LogP contribution < -0.4 is 0 Å². The average molecular weight is 198 g/mol. The van der Waals surface area contributed by atoms with E-state index in [9.17, 15) is 10.1 Å². The SMILES string of the molecule is CCC(CBr)O[N+](=O)[O-]. The lowest BCUT2D eigenvalue weighted by molar-refractivity contribution is -0.767. The molecule has 0 fully saturated rings. The summed E-state index contributed by atoms with van der Waals surface area (Å²) in [5.41, 5.74) is 0. The Bertz CT molecular complexity index is 93.8. The molecule has 1 atom stereocenters. The third-order valence-electron chi connectivity index (χ3n) is 0.863. The number of halogens is 1. The highest BCUT2D eigenvalue weighted by Gasteiger charge is 2.07. The third kappa shape index (κ3) is 4.20. The summed E-state index contributed by atoms with van der Waals surface area (Å²) in [6.45, 7) is 1.83. The van der Waals surface area contributed by atoms with Crippen molar-refractivity contribution in [2.45, 2.75) is 19.4 Å². The molecule has 0 saturated carbocycles. The van der Waals surface area contributed by atoms with Gasteiger partial charge < -0.3 is 4.84 Å². The second kappa shape index (κ2) is 4.55. The van der Waals surface area contributed by atoms with Crippen LogP contribution in [0.1, 0.15) is 13.3 Å². The van der Waals surface area contributed by atoms with Crippen molar-refractivity contribution >= 4 is 15.9 Å². The highest BCUT2D eigenvalue weighted by Crippen LogP contribution is 2.00. The number of nitrogens with zero attached hydrogens (tertiary/aromatic N) is 1. The van der Waals surface area contributed by atoms with Gasteiger partial charge in [-0.05, 0) is 6.42 Å². The number of rotatable bonds is 4. The summed E-state index contributed by atoms with van der Waals surface area (Å²) in [6.07, 6.45) is 0.340. The van der Waals surface area contributed by atoms with Crippen molar-refractivity contribution in [1.82, 2.24) is 0 Å². The molecule has 9 heavy (non-hydrogen) atoms. The minimum atomic E-state index is -0.768. The molecule has 0 aromatic rings. The van der Waals surface area contributed by atoms with Crippen LogP contribution in [0.4, 0.5) is 0 Å². The molecule has 0 aliphatic heterocycles. The average Bonchev–Trinajstić information content (AvgIpc) is 1.82. The van der Waals surface area contributed by atoms with Gasteiger partial charge in [-0.2, -0.15) is 0 Å². The van der Waals surface area contributed by atoms with E-state index in [2.05, 4.69) is 20.8 Å². The van der Waals surface area contributed by atoms with E-state index in [0.717, 1.165) is 0 Å². The Labute approximate surface area is 61.4 Å². The van der Waals surface area contributed by atoms with Gasteiger partial charge >= 0.3 is 0 Å². The Balaban J connectivity index is 3.43. The lowest BCUT2D eigenvalue weighted by Crippen LogP contribution is -2.17. The first-order valence-electron chi connectivity index (χ1n) is 2.57. The van der Waals surface area contributed by atoms with E-state index < -0.39 is 5.09 Å². The minimum Gasteiger partial charge on any atom is -0.310 e. The zero-order valence-electron chi connectivity index (χ0n) is 5.04. The molecule has 54 valence electrons. The van der Waals surface area contributed by atoms with Crippen LogP contribution in [0.3, 0.4) is 0 Å². The van der Waals surface area contributed by atoms with Crippen molar-refractivity contribution in [3.05, 3.63) is 10.1 Å². The van der Waals surface area contributed by atoms with E-state index in [1.807, 2.05) is 6.92 Å². The van der Waals surface area contributed by atoms with E-state index in [1.54, 1.807) is 0 Å². The maximum atomic E-state index is 9.69. The summed E-state index contributed by atoms with van der Waals surface area (Å²) in [7, 11) is 0. The van der Waals surface area contributed by atoms with Crippen molar-refractivity contribution < 1.29 is 9.92 Å². The summed E-state index contributed by atoms with van der Waals surface area (Å²) in [4.78, 5) is 13.9. The Morgan fingerprint density at radius 3 is 2.56 bits per heavy atom. The van der Waals surface area contributed by atoms with Crippen LogP contribution in [0.5, 0.6) is 0 Å². The molecule has 5 heteroatoms. The molecular weight excluding hydrogens is 190 g/mol. The highest BCUT2D eigenvalue weighted by molar-refractivity contribution is 9.09. The predicted molar refractivity (Wildman–Crippen MR) is 36.0 cm³/mol. The monoisotopic (exact) mass is 197 g/mol. The van der Waals surface area contributed by atoms with E-state index in [1.165, 1.54) is 0 Å². The fraction of sp³-hybridized carbons (Fsp3) is 1.00. The molecule has 0 spiro atoms. The van der Waals surface area contributed by atoms with Crippen LogP contribution in [0.25, 0.3) is 0 Å². The van der Waals surface area contributed by atoms with Gasteiger partial charge in [0.15, 0.2) is 0 Å². The molecule has 0 aromatic carbocycles. The van der Waals surface area contributed by atoms with Gasteiger partial charge in [-0.3, -0.25) is 0 Å². The van der Waals surface area contributed by atoms with Crippen LogP contribution in [0.2, 0.25) is 0 Å². The standard InChI is InChI=1S/C4H8BrNO3/c1-2-4(3-5)9-6(7)8/h4H,2-3H2,1H3. The topological polar surface area (TPSA) is 52.4 Å². The van der Waals surface area contributed by atoms with Crippen molar-refractivity contribution in [1.29, 1.82) is 0 Å². The van der Waals surface area contributed by atoms with Crippen molar-refractivity contribution in [2.24, 2.45) is 0 Å². The minimum absolute atomic E-state index is 0.306. The molecule has 0 aliphatic rings. The Kier molecular flexibility index (Phi) is 4.39. The second-order valence-electron chi connectivity index (χ2n) is 1.51. The first kappa shape index (κ1) is 8.68. The van der Waals surface area contributed by atoms with Crippen LogP contribution in [0.15, 0.2) is 0 Å². The maximum absolute atomic E-state index is 9.69. The quantitative estimate of drug-likeness (QED) is 0.389. The molecule has 0 aromatic heterocycles. The summed E-state index contributed by atoms with van der Waals surface area (Å²) in [5, 5.41) is 9.43. The summed E-state index contributed by atoms with van der Waals surface area (Å²) in [6, 6.07) is 0. The summed E-state index contributed by atoms with van der Waals surface area (Å²) in [5.74, 6) is 0. The largest absolute Gasteiger partial charge is 0.310 e. The van der Waals surface area contributed by atoms with Gasteiger partial charge in [0.2, 0.25) is 0 Å². The Hall–Kier alpha value is -0.320. The third-order valence-corrected chi connectivity index (χ3v) is 1.58. The smallest absolute Gasteiger partial charge is 0.294 e. The Morgan fingerprint density at radius 2 is 2.44 bits per heavy atom. The summed E-state index contributed by atoms with van der Waals surface area (Å²) >= 11 is 3.08. The molecule has 0 N–H and O–H groups in total. The highest BCUT2D eigenvalue weighted by atomic mass is 79.9. The van der Waals surface area contributed by atoms with Gasteiger partial charge in [-0.1, -0.05) is 22.9 Å². The van der Waals surface area contributed by atoms with Crippen molar-refractivity contribution in [2.75, 3.05) is 5.33 Å².